The van der Waals surface area contributed by atoms with Crippen molar-refractivity contribution in [3.8, 4) is 0 Å². The Labute approximate surface area is 162 Å². The maximum absolute atomic E-state index is 12.5. The van der Waals surface area contributed by atoms with Gasteiger partial charge in [0.05, 0.1) is 12.5 Å². The van der Waals surface area contributed by atoms with Crippen LogP contribution in [-0.4, -0.2) is 53.2 Å². The van der Waals surface area contributed by atoms with Crippen molar-refractivity contribution < 1.29 is 29.1 Å². The molecule has 3 atom stereocenters. The molecule has 0 spiro atoms. The fraction of sp³-hybridized carbons (Fsp3) is 0.421. The number of aliphatic carboxylic acids is 1. The zero-order chi connectivity index (χ0) is 21.3. The van der Waals surface area contributed by atoms with Crippen LogP contribution < -0.4 is 16.0 Å². The van der Waals surface area contributed by atoms with Gasteiger partial charge in [-0.2, -0.15) is 0 Å². The van der Waals surface area contributed by atoms with Gasteiger partial charge in [-0.15, -0.1) is 0 Å². The molecule has 0 saturated heterocycles. The topological polar surface area (TPSA) is 142 Å². The SMILES string of the molecule is CC(C)[C@H](NC(=O)c1ccccc1)C(=O)N[C@@H](C)C(=O)N[C@H](C=O)CC(=O)O. The van der Waals surface area contributed by atoms with E-state index >= 15 is 0 Å². The van der Waals surface area contributed by atoms with Crippen molar-refractivity contribution in [3.05, 3.63) is 35.9 Å². The summed E-state index contributed by atoms with van der Waals surface area (Å²) in [7, 11) is 0. The van der Waals surface area contributed by atoms with Crippen LogP contribution >= 0.6 is 0 Å². The van der Waals surface area contributed by atoms with Crippen LogP contribution in [0.4, 0.5) is 0 Å². The van der Waals surface area contributed by atoms with Crippen LogP contribution in [0.25, 0.3) is 0 Å². The molecule has 0 aromatic heterocycles. The Balaban J connectivity index is 2.72. The van der Waals surface area contributed by atoms with Crippen LogP contribution in [0.5, 0.6) is 0 Å². The van der Waals surface area contributed by atoms with E-state index in [9.17, 15) is 24.0 Å². The van der Waals surface area contributed by atoms with E-state index in [1.807, 2.05) is 0 Å². The van der Waals surface area contributed by atoms with Gasteiger partial charge in [0.2, 0.25) is 11.8 Å². The highest BCUT2D eigenvalue weighted by molar-refractivity contribution is 5.98. The lowest BCUT2D eigenvalue weighted by molar-refractivity contribution is -0.139. The van der Waals surface area contributed by atoms with E-state index in [2.05, 4.69) is 16.0 Å². The third kappa shape index (κ3) is 7.18. The zero-order valence-corrected chi connectivity index (χ0v) is 16.0. The van der Waals surface area contributed by atoms with Gasteiger partial charge >= 0.3 is 5.97 Å². The van der Waals surface area contributed by atoms with Gasteiger partial charge in [-0.05, 0) is 25.0 Å². The third-order valence-electron chi connectivity index (χ3n) is 3.91. The first-order chi connectivity index (χ1) is 13.1. The van der Waals surface area contributed by atoms with Gasteiger partial charge in [-0.25, -0.2) is 0 Å². The van der Waals surface area contributed by atoms with Gasteiger partial charge in [0.25, 0.3) is 5.91 Å². The summed E-state index contributed by atoms with van der Waals surface area (Å²) >= 11 is 0. The van der Waals surface area contributed by atoms with E-state index in [-0.39, 0.29) is 5.92 Å². The van der Waals surface area contributed by atoms with Crippen molar-refractivity contribution in [2.45, 2.75) is 45.3 Å². The van der Waals surface area contributed by atoms with E-state index in [4.69, 9.17) is 5.11 Å². The molecule has 9 heteroatoms. The lowest BCUT2D eigenvalue weighted by atomic mass is 10.0. The second-order valence-corrected chi connectivity index (χ2v) is 6.64. The maximum atomic E-state index is 12.5. The summed E-state index contributed by atoms with van der Waals surface area (Å²) < 4.78 is 0. The number of amides is 3. The minimum Gasteiger partial charge on any atom is -0.481 e. The standard InChI is InChI=1S/C19H25N3O6/c1-11(2)16(22-18(27)13-7-5-4-6-8-13)19(28)20-12(3)17(26)21-14(10-23)9-15(24)25/h4-8,10-12,14,16H,9H2,1-3H3,(H,20,28)(H,21,26)(H,22,27)(H,24,25)/t12-,14-,16-/m0/s1. The van der Waals surface area contributed by atoms with Crippen molar-refractivity contribution in [1.82, 2.24) is 16.0 Å². The van der Waals surface area contributed by atoms with Crippen molar-refractivity contribution in [2.24, 2.45) is 5.92 Å². The van der Waals surface area contributed by atoms with E-state index in [1.165, 1.54) is 6.92 Å². The molecule has 1 rings (SSSR count). The summed E-state index contributed by atoms with van der Waals surface area (Å²) in [6, 6.07) is 5.29. The summed E-state index contributed by atoms with van der Waals surface area (Å²) in [5.74, 6) is -3.18. The average molecular weight is 391 g/mol. The summed E-state index contributed by atoms with van der Waals surface area (Å²) in [5, 5.41) is 16.1. The number of carbonyl (C=O) groups excluding carboxylic acids is 4. The molecule has 0 saturated carbocycles. The molecule has 0 bridgehead atoms. The maximum Gasteiger partial charge on any atom is 0.305 e. The van der Waals surface area contributed by atoms with Gasteiger partial charge in [0, 0.05) is 5.56 Å². The van der Waals surface area contributed by atoms with E-state index in [1.54, 1.807) is 44.2 Å². The molecule has 4 N–H and O–H groups in total. The van der Waals surface area contributed by atoms with Crippen molar-refractivity contribution in [2.75, 3.05) is 0 Å². The number of hydrogen-bond acceptors (Lipinski definition) is 5. The first-order valence-corrected chi connectivity index (χ1v) is 8.79. The Morgan fingerprint density at radius 3 is 2.07 bits per heavy atom. The quantitative estimate of drug-likeness (QED) is 0.417. The Kier molecular flexibility index (Phi) is 8.80. The number of carboxylic acids is 1. The van der Waals surface area contributed by atoms with Crippen LogP contribution in [0.2, 0.25) is 0 Å². The number of benzene rings is 1. The molecule has 0 fully saturated rings. The Morgan fingerprint density at radius 2 is 1.57 bits per heavy atom. The van der Waals surface area contributed by atoms with Crippen molar-refractivity contribution in [1.29, 1.82) is 0 Å². The minimum atomic E-state index is -1.24. The molecule has 3 amide bonds. The third-order valence-corrected chi connectivity index (χ3v) is 3.91. The number of aldehydes is 1. The van der Waals surface area contributed by atoms with Crippen LogP contribution in [-0.2, 0) is 19.2 Å². The average Bonchev–Trinajstić information content (AvgIpc) is 2.64. The predicted molar refractivity (Wildman–Crippen MR) is 100 cm³/mol. The molecule has 1 aromatic rings. The molecule has 0 aliphatic heterocycles. The van der Waals surface area contributed by atoms with Crippen LogP contribution in [0.15, 0.2) is 30.3 Å². The van der Waals surface area contributed by atoms with E-state index < -0.39 is 48.2 Å². The highest BCUT2D eigenvalue weighted by atomic mass is 16.4. The molecule has 0 unspecified atom stereocenters. The Bertz CT molecular complexity index is 720. The van der Waals surface area contributed by atoms with E-state index in [0.29, 0.717) is 11.8 Å². The van der Waals surface area contributed by atoms with Crippen molar-refractivity contribution >= 4 is 30.0 Å². The lowest BCUT2D eigenvalue weighted by Crippen LogP contribution is -2.55. The number of carbonyl (C=O) groups is 5. The first kappa shape index (κ1) is 22.8. The fourth-order valence-corrected chi connectivity index (χ4v) is 2.35. The molecular formula is C19H25N3O6. The van der Waals surface area contributed by atoms with Crippen LogP contribution in [0.3, 0.4) is 0 Å². The molecule has 0 aliphatic carbocycles. The van der Waals surface area contributed by atoms with Gasteiger partial charge in [0.1, 0.15) is 18.4 Å². The number of nitrogens with one attached hydrogen (secondary N) is 3. The summed E-state index contributed by atoms with van der Waals surface area (Å²) in [6.45, 7) is 4.89. The number of hydrogen-bond donors (Lipinski definition) is 4. The number of rotatable bonds is 10. The summed E-state index contributed by atoms with van der Waals surface area (Å²) in [6.07, 6.45) is -0.241. The van der Waals surface area contributed by atoms with Gasteiger partial charge in [-0.1, -0.05) is 32.0 Å². The molecule has 0 radical (unpaired) electrons. The monoisotopic (exact) mass is 391 g/mol. The van der Waals surface area contributed by atoms with Crippen LogP contribution in [0.1, 0.15) is 37.6 Å². The minimum absolute atomic E-state index is 0.252. The lowest BCUT2D eigenvalue weighted by Gasteiger charge is -2.24. The smallest absolute Gasteiger partial charge is 0.305 e. The normalized spacial score (nSPS) is 13.7. The van der Waals surface area contributed by atoms with Gasteiger partial charge < -0.3 is 25.9 Å². The molecule has 0 aliphatic rings. The molecule has 9 nitrogen and oxygen atoms in total. The summed E-state index contributed by atoms with van der Waals surface area (Å²) in [5.41, 5.74) is 0.397. The molecule has 1 aromatic carbocycles. The highest BCUT2D eigenvalue weighted by Gasteiger charge is 2.28. The van der Waals surface area contributed by atoms with Gasteiger partial charge in [-0.3, -0.25) is 19.2 Å². The van der Waals surface area contributed by atoms with Crippen LogP contribution in [0, 0.1) is 5.92 Å². The zero-order valence-electron chi connectivity index (χ0n) is 16.0. The van der Waals surface area contributed by atoms with Gasteiger partial charge in [0.15, 0.2) is 0 Å². The number of carboxylic acid groups (broad SMARTS) is 1. The highest BCUT2D eigenvalue weighted by Crippen LogP contribution is 2.06. The molecule has 0 heterocycles. The summed E-state index contributed by atoms with van der Waals surface area (Å²) in [4.78, 5) is 58.5. The largest absolute Gasteiger partial charge is 0.481 e. The predicted octanol–water partition coefficient (Wildman–Crippen LogP) is 0.104. The second kappa shape index (κ2) is 10.8. The second-order valence-electron chi connectivity index (χ2n) is 6.64. The Hall–Kier alpha value is -3.23. The van der Waals surface area contributed by atoms with Crippen molar-refractivity contribution in [3.63, 3.8) is 0 Å². The fourth-order valence-electron chi connectivity index (χ4n) is 2.35. The molecule has 28 heavy (non-hydrogen) atoms. The molecule has 152 valence electrons. The Morgan fingerprint density at radius 1 is 0.964 bits per heavy atom. The first-order valence-electron chi connectivity index (χ1n) is 8.79. The molecular weight excluding hydrogens is 366 g/mol. The van der Waals surface area contributed by atoms with E-state index in [0.717, 1.165) is 0 Å².